The molecular formula is C25H20N2O4S. The van der Waals surface area contributed by atoms with E-state index < -0.39 is 0 Å². The number of hydrogen-bond acceptors (Lipinski definition) is 6. The number of nitrogens with zero attached hydrogens (tertiary/aromatic N) is 2. The van der Waals surface area contributed by atoms with Crippen LogP contribution in [0.2, 0.25) is 0 Å². The van der Waals surface area contributed by atoms with Gasteiger partial charge in [-0.15, -0.1) is 0 Å². The van der Waals surface area contributed by atoms with Gasteiger partial charge in [0.05, 0.1) is 22.9 Å². The number of thioether (sulfide) groups is 1. The fourth-order valence-electron chi connectivity index (χ4n) is 3.44. The minimum Gasteiger partial charge on any atom is -0.493 e. The maximum Gasteiger partial charge on any atom is 0.271 e. The lowest BCUT2D eigenvalue weighted by Gasteiger charge is -2.15. The van der Waals surface area contributed by atoms with Gasteiger partial charge in [-0.05, 0) is 55.1 Å². The Balaban J connectivity index is 1.58. The molecule has 5 rings (SSSR count). The van der Waals surface area contributed by atoms with Crippen LogP contribution in [-0.4, -0.2) is 24.5 Å². The summed E-state index contributed by atoms with van der Waals surface area (Å²) in [5.74, 6) is 1.76. The topological polar surface area (TPSA) is 60.4 Å². The molecule has 2 heterocycles. The molecule has 0 N–H and O–H groups in total. The van der Waals surface area contributed by atoms with Crippen LogP contribution in [0.5, 0.6) is 17.2 Å². The lowest BCUT2D eigenvalue weighted by molar-refractivity contribution is -0.113. The lowest BCUT2D eigenvalue weighted by Crippen LogP contribution is -2.28. The largest absolute Gasteiger partial charge is 0.493 e. The van der Waals surface area contributed by atoms with E-state index in [1.165, 1.54) is 11.8 Å². The zero-order chi connectivity index (χ0) is 21.9. The molecule has 6 nitrogen and oxygen atoms in total. The van der Waals surface area contributed by atoms with Gasteiger partial charge >= 0.3 is 0 Å². The van der Waals surface area contributed by atoms with Crippen molar-refractivity contribution in [2.45, 2.75) is 6.92 Å². The second-order valence-corrected chi connectivity index (χ2v) is 8.00. The second kappa shape index (κ2) is 8.80. The minimum atomic E-state index is -0.143. The second-order valence-electron chi connectivity index (χ2n) is 6.99. The summed E-state index contributed by atoms with van der Waals surface area (Å²) in [5.41, 5.74) is 2.29. The van der Waals surface area contributed by atoms with Crippen molar-refractivity contribution in [3.8, 4) is 17.2 Å². The first-order chi connectivity index (χ1) is 15.7. The summed E-state index contributed by atoms with van der Waals surface area (Å²) in [7, 11) is 0. The number of aliphatic imine (C=N–C) groups is 1. The van der Waals surface area contributed by atoms with Crippen molar-refractivity contribution in [2.24, 2.45) is 4.99 Å². The Morgan fingerprint density at radius 1 is 1.03 bits per heavy atom. The van der Waals surface area contributed by atoms with Gasteiger partial charge in [0.25, 0.3) is 5.91 Å². The van der Waals surface area contributed by atoms with E-state index in [0.29, 0.717) is 33.9 Å². The van der Waals surface area contributed by atoms with E-state index in [4.69, 9.17) is 19.2 Å². The molecule has 0 saturated carbocycles. The first-order valence-corrected chi connectivity index (χ1v) is 11.0. The molecule has 160 valence electrons. The summed E-state index contributed by atoms with van der Waals surface area (Å²) in [6.07, 6.45) is 1.82. The molecular weight excluding hydrogens is 424 g/mol. The number of amidine groups is 1. The highest BCUT2D eigenvalue weighted by Gasteiger charge is 2.35. The van der Waals surface area contributed by atoms with Gasteiger partial charge in [0.1, 0.15) is 5.75 Å². The number of anilines is 1. The van der Waals surface area contributed by atoms with Crippen LogP contribution in [0.1, 0.15) is 12.5 Å². The maximum atomic E-state index is 13.5. The molecule has 0 radical (unpaired) electrons. The van der Waals surface area contributed by atoms with Crippen molar-refractivity contribution in [2.75, 3.05) is 18.3 Å². The number of para-hydroxylation sites is 2. The third-order valence-corrected chi connectivity index (χ3v) is 5.86. The van der Waals surface area contributed by atoms with E-state index in [-0.39, 0.29) is 12.7 Å². The van der Waals surface area contributed by atoms with E-state index in [9.17, 15) is 4.79 Å². The van der Waals surface area contributed by atoms with Crippen molar-refractivity contribution < 1.29 is 19.0 Å². The predicted octanol–water partition coefficient (Wildman–Crippen LogP) is 5.62. The molecule has 0 unspecified atom stereocenters. The zero-order valence-electron chi connectivity index (χ0n) is 17.4. The summed E-state index contributed by atoms with van der Waals surface area (Å²) in [5, 5.41) is 0.595. The Labute approximate surface area is 190 Å². The number of fused-ring (bicyclic) bond motifs is 1. The summed E-state index contributed by atoms with van der Waals surface area (Å²) in [6.45, 7) is 2.58. The lowest BCUT2D eigenvalue weighted by atomic mass is 10.1. The standard InChI is InChI=1S/C25H20N2O4S/c1-2-29-20-15-22-21(30-16-31-22)13-17(20)14-23-24(28)27(19-11-7-4-8-12-19)25(32-23)26-18-9-5-3-6-10-18/h3-15H,2,16H2,1H3/b23-14+,26-25?. The molecule has 0 spiro atoms. The monoisotopic (exact) mass is 444 g/mol. The number of hydrogen-bond donors (Lipinski definition) is 0. The Kier molecular flexibility index (Phi) is 5.56. The highest BCUT2D eigenvalue weighted by Crippen LogP contribution is 2.42. The van der Waals surface area contributed by atoms with Crippen LogP contribution in [0.15, 0.2) is 82.7 Å². The fraction of sp³-hybridized carbons (Fsp3) is 0.120. The molecule has 2 aliphatic heterocycles. The summed E-state index contributed by atoms with van der Waals surface area (Å²) in [6, 6.07) is 22.8. The number of rotatable bonds is 5. The van der Waals surface area contributed by atoms with Crippen molar-refractivity contribution in [3.63, 3.8) is 0 Å². The molecule has 0 aliphatic carbocycles. The first-order valence-electron chi connectivity index (χ1n) is 10.2. The van der Waals surface area contributed by atoms with Gasteiger partial charge < -0.3 is 14.2 Å². The summed E-state index contributed by atoms with van der Waals surface area (Å²) in [4.78, 5) is 20.4. The predicted molar refractivity (Wildman–Crippen MR) is 127 cm³/mol. The highest BCUT2D eigenvalue weighted by molar-refractivity contribution is 8.19. The van der Waals surface area contributed by atoms with E-state index in [1.54, 1.807) is 11.0 Å². The van der Waals surface area contributed by atoms with Crippen LogP contribution in [-0.2, 0) is 4.79 Å². The average molecular weight is 445 g/mol. The molecule has 3 aromatic carbocycles. The normalized spacial score (nSPS) is 17.4. The van der Waals surface area contributed by atoms with Crippen LogP contribution in [0, 0.1) is 0 Å². The molecule has 1 fully saturated rings. The maximum absolute atomic E-state index is 13.5. The average Bonchev–Trinajstić information content (AvgIpc) is 3.39. The smallest absolute Gasteiger partial charge is 0.271 e. The third kappa shape index (κ3) is 3.94. The molecule has 0 aromatic heterocycles. The minimum absolute atomic E-state index is 0.143. The zero-order valence-corrected chi connectivity index (χ0v) is 18.2. The van der Waals surface area contributed by atoms with E-state index >= 15 is 0 Å². The number of carbonyl (C=O) groups excluding carboxylic acids is 1. The van der Waals surface area contributed by atoms with Crippen LogP contribution in [0.4, 0.5) is 11.4 Å². The molecule has 1 saturated heterocycles. The van der Waals surface area contributed by atoms with Crippen molar-refractivity contribution in [1.82, 2.24) is 0 Å². The van der Waals surface area contributed by atoms with Gasteiger partial charge in [0.15, 0.2) is 16.7 Å². The van der Waals surface area contributed by atoms with Crippen LogP contribution in [0.3, 0.4) is 0 Å². The molecule has 7 heteroatoms. The molecule has 3 aromatic rings. The van der Waals surface area contributed by atoms with Gasteiger partial charge in [0.2, 0.25) is 6.79 Å². The van der Waals surface area contributed by atoms with Crippen LogP contribution in [0.25, 0.3) is 6.08 Å². The highest BCUT2D eigenvalue weighted by atomic mass is 32.2. The van der Waals surface area contributed by atoms with Gasteiger partial charge in [0, 0.05) is 11.6 Å². The Hall–Kier alpha value is -3.71. The van der Waals surface area contributed by atoms with E-state index in [2.05, 4.69) is 0 Å². The summed E-state index contributed by atoms with van der Waals surface area (Å²) < 4.78 is 16.8. The Morgan fingerprint density at radius 3 is 2.44 bits per heavy atom. The molecule has 2 aliphatic rings. The first kappa shape index (κ1) is 20.2. The Morgan fingerprint density at radius 2 is 1.72 bits per heavy atom. The van der Waals surface area contributed by atoms with Gasteiger partial charge in [-0.3, -0.25) is 9.69 Å². The molecule has 32 heavy (non-hydrogen) atoms. The summed E-state index contributed by atoms with van der Waals surface area (Å²) >= 11 is 1.33. The number of carbonyl (C=O) groups is 1. The van der Waals surface area contributed by atoms with E-state index in [0.717, 1.165) is 16.9 Å². The van der Waals surface area contributed by atoms with Crippen LogP contribution < -0.4 is 19.1 Å². The Bertz CT molecular complexity index is 1210. The third-order valence-electron chi connectivity index (χ3n) is 4.89. The molecule has 0 bridgehead atoms. The number of amides is 1. The molecule has 1 amide bonds. The van der Waals surface area contributed by atoms with Gasteiger partial charge in [-0.25, -0.2) is 4.99 Å². The fourth-order valence-corrected chi connectivity index (χ4v) is 4.43. The SMILES string of the molecule is CCOc1cc2c(cc1/C=C1/SC(=Nc3ccccc3)N(c3ccccc3)C1=O)OCO2. The van der Waals surface area contributed by atoms with Gasteiger partial charge in [-0.1, -0.05) is 36.4 Å². The van der Waals surface area contributed by atoms with Gasteiger partial charge in [-0.2, -0.15) is 0 Å². The van der Waals surface area contributed by atoms with E-state index in [1.807, 2.05) is 79.7 Å². The van der Waals surface area contributed by atoms with Crippen molar-refractivity contribution >= 4 is 40.3 Å². The number of benzene rings is 3. The molecule has 0 atom stereocenters. The van der Waals surface area contributed by atoms with Crippen LogP contribution >= 0.6 is 11.8 Å². The number of ether oxygens (including phenoxy) is 3. The van der Waals surface area contributed by atoms with Crippen molar-refractivity contribution in [3.05, 3.63) is 83.3 Å². The quantitative estimate of drug-likeness (QED) is 0.478. The van der Waals surface area contributed by atoms with Crippen molar-refractivity contribution in [1.29, 1.82) is 0 Å².